The highest BCUT2D eigenvalue weighted by molar-refractivity contribution is 7.96. The average molecular weight is 606 g/mol. The third-order valence-electron chi connectivity index (χ3n) is 12.4. The average Bonchev–Trinajstić information content (AvgIpc) is 3.25. The van der Waals surface area contributed by atoms with Crippen LogP contribution in [0.3, 0.4) is 0 Å². The van der Waals surface area contributed by atoms with E-state index >= 15 is 0 Å². The highest BCUT2D eigenvalue weighted by atomic mass is 32.1. The highest BCUT2D eigenvalue weighted by Crippen LogP contribution is 2.90. The molecule has 5 aliphatic rings. The topological polar surface area (TPSA) is 117 Å². The van der Waals surface area contributed by atoms with Crippen LogP contribution in [0.2, 0.25) is 0 Å². The van der Waals surface area contributed by atoms with Crippen LogP contribution in [0.25, 0.3) is 0 Å². The highest BCUT2D eigenvalue weighted by Gasteiger charge is 2.88. The van der Waals surface area contributed by atoms with E-state index in [0.29, 0.717) is 25.7 Å². The van der Waals surface area contributed by atoms with Crippen molar-refractivity contribution in [2.75, 3.05) is 0 Å². The SMILES string of the molecule is CC1CC23CC2(C(O)CC2(C)C3CCC2(OC(=O)c2ccco2)C(=O)S)C2(C)CC(C=N)=C([NH2+]c3ccc(F)cc3)C=C12. The standard InChI is InChI=1S/C34H37FN2O5S/c1-19-14-32-18-33(32,30(2)15-20(17-36)24(13-23(19)30)37-22-8-6-21(35)7-9-22)27(38)16-31(3)26(32)10-11-34(31,29(40)43)42-28(39)25-5-4-12-41-25/h4-9,12-13,17,19,26-27,36-38H,10-11,14-16,18H2,1-3H3,(H,40,43)/p+1. The van der Waals surface area contributed by atoms with Crippen molar-refractivity contribution in [2.45, 2.75) is 71.0 Å². The van der Waals surface area contributed by atoms with Gasteiger partial charge < -0.3 is 19.7 Å². The lowest BCUT2D eigenvalue weighted by Crippen LogP contribution is -2.76. The Hall–Kier alpha value is -3.01. The van der Waals surface area contributed by atoms with Gasteiger partial charge in [0.25, 0.3) is 0 Å². The van der Waals surface area contributed by atoms with Crippen LogP contribution in [-0.2, 0) is 9.53 Å². The summed E-state index contributed by atoms with van der Waals surface area (Å²) in [5, 5.41) is 22.1. The number of nitrogens with one attached hydrogen (secondary N) is 1. The Bertz CT molecular complexity index is 1600. The Morgan fingerprint density at radius 1 is 1.21 bits per heavy atom. The van der Waals surface area contributed by atoms with Gasteiger partial charge in [-0.15, -0.1) is 12.6 Å². The Morgan fingerprint density at radius 3 is 2.60 bits per heavy atom. The summed E-state index contributed by atoms with van der Waals surface area (Å²) in [5.74, 6) is -0.703. The number of thiol groups is 1. The monoisotopic (exact) mass is 605 g/mol. The quantitative estimate of drug-likeness (QED) is 0.150. The molecule has 0 saturated heterocycles. The maximum atomic E-state index is 13.6. The van der Waals surface area contributed by atoms with E-state index in [-0.39, 0.29) is 34.2 Å². The second-order valence-corrected chi connectivity index (χ2v) is 14.5. The van der Waals surface area contributed by atoms with E-state index in [1.165, 1.54) is 36.2 Å². The largest absolute Gasteiger partial charge is 0.457 e. The van der Waals surface area contributed by atoms with Crippen molar-refractivity contribution in [3.05, 3.63) is 77.2 Å². The minimum absolute atomic E-state index is 0.0336. The number of nitrogens with two attached hydrogens (primary N) is 1. The number of aliphatic hydroxyl groups is 1. The molecule has 8 unspecified atom stereocenters. The number of fused-ring (bicyclic) bond motifs is 2. The van der Waals surface area contributed by atoms with Crippen molar-refractivity contribution in [1.82, 2.24) is 0 Å². The molecule has 7 nitrogen and oxygen atoms in total. The van der Waals surface area contributed by atoms with Crippen LogP contribution < -0.4 is 5.32 Å². The third-order valence-corrected chi connectivity index (χ3v) is 12.8. The molecule has 0 bridgehead atoms. The molecule has 2 aromatic rings. The summed E-state index contributed by atoms with van der Waals surface area (Å²) in [7, 11) is 0. The second kappa shape index (κ2) is 9.25. The molecule has 8 atom stereocenters. The fourth-order valence-corrected chi connectivity index (χ4v) is 11.2. The number of rotatable bonds is 6. The molecule has 7 rings (SSSR count). The first kappa shape index (κ1) is 28.7. The smallest absolute Gasteiger partial charge is 0.375 e. The molecule has 0 aliphatic heterocycles. The lowest BCUT2D eigenvalue weighted by atomic mass is 9.44. The summed E-state index contributed by atoms with van der Waals surface area (Å²) in [6.45, 7) is 6.50. The van der Waals surface area contributed by atoms with E-state index in [2.05, 4.69) is 32.6 Å². The lowest BCUT2D eigenvalue weighted by Gasteiger charge is -2.61. The zero-order chi connectivity index (χ0) is 30.6. The van der Waals surface area contributed by atoms with Gasteiger partial charge in [0.1, 0.15) is 17.2 Å². The van der Waals surface area contributed by atoms with Crippen molar-refractivity contribution in [1.29, 1.82) is 5.41 Å². The predicted octanol–water partition coefficient (Wildman–Crippen LogP) is 5.50. The number of furan rings is 1. The second-order valence-electron chi connectivity index (χ2n) is 14.1. The minimum atomic E-state index is -1.47. The van der Waals surface area contributed by atoms with Crippen molar-refractivity contribution >= 4 is 35.6 Å². The number of aliphatic hydroxyl groups excluding tert-OH is 1. The van der Waals surface area contributed by atoms with E-state index in [9.17, 15) is 19.1 Å². The van der Waals surface area contributed by atoms with E-state index < -0.39 is 33.6 Å². The van der Waals surface area contributed by atoms with Crippen LogP contribution in [0, 0.1) is 44.7 Å². The van der Waals surface area contributed by atoms with Crippen molar-refractivity contribution < 1.29 is 33.6 Å². The number of esters is 1. The van der Waals surface area contributed by atoms with Gasteiger partial charge in [-0.25, -0.2) is 9.18 Å². The molecule has 4 fully saturated rings. The summed E-state index contributed by atoms with van der Waals surface area (Å²) < 4.78 is 24.9. The number of benzene rings is 1. The first-order valence-corrected chi connectivity index (χ1v) is 15.6. The van der Waals surface area contributed by atoms with Crippen LogP contribution >= 0.6 is 12.6 Å². The maximum Gasteiger partial charge on any atom is 0.375 e. The molecule has 4 saturated carbocycles. The molecule has 1 aromatic carbocycles. The Morgan fingerprint density at radius 2 is 1.95 bits per heavy atom. The van der Waals surface area contributed by atoms with Crippen molar-refractivity contribution in [2.24, 2.45) is 33.5 Å². The number of allylic oxidation sites excluding steroid dienone is 3. The molecular weight excluding hydrogens is 567 g/mol. The molecule has 5 aliphatic carbocycles. The lowest BCUT2D eigenvalue weighted by molar-refractivity contribution is -0.513. The van der Waals surface area contributed by atoms with Crippen LogP contribution in [0.4, 0.5) is 10.1 Å². The number of hydrogen-bond donors (Lipinski definition) is 4. The van der Waals surface area contributed by atoms with E-state index in [1.807, 2.05) is 12.2 Å². The number of ether oxygens (including phenoxy) is 1. The summed E-state index contributed by atoms with van der Waals surface area (Å²) in [6, 6.07) is 9.48. The van der Waals surface area contributed by atoms with Crippen LogP contribution in [0.5, 0.6) is 0 Å². The van der Waals surface area contributed by atoms with Crippen LogP contribution in [0.1, 0.15) is 69.9 Å². The summed E-state index contributed by atoms with van der Waals surface area (Å²) >= 11 is 4.31. The number of quaternary nitrogens is 1. The molecule has 0 amide bonds. The van der Waals surface area contributed by atoms with Crippen molar-refractivity contribution in [3.8, 4) is 0 Å². The molecule has 1 aromatic heterocycles. The Labute approximate surface area is 255 Å². The summed E-state index contributed by atoms with van der Waals surface area (Å²) in [5.41, 5.74) is 0.665. The van der Waals surface area contributed by atoms with Gasteiger partial charge in [-0.05, 0) is 86.1 Å². The van der Waals surface area contributed by atoms with Crippen molar-refractivity contribution in [3.63, 3.8) is 0 Å². The molecule has 9 heteroatoms. The first-order chi connectivity index (χ1) is 20.4. The van der Waals surface area contributed by atoms with Gasteiger partial charge in [-0.1, -0.05) is 26.3 Å². The third kappa shape index (κ3) is 3.53. The zero-order valence-corrected chi connectivity index (χ0v) is 25.5. The molecule has 0 spiro atoms. The zero-order valence-electron chi connectivity index (χ0n) is 24.7. The fraction of sp³-hybridized carbons (Fsp3) is 0.500. The maximum absolute atomic E-state index is 13.6. The summed E-state index contributed by atoms with van der Waals surface area (Å²) in [4.78, 5) is 26.5. The van der Waals surface area contributed by atoms with Gasteiger partial charge in [-0.3, -0.25) is 10.1 Å². The van der Waals surface area contributed by atoms with Gasteiger partial charge in [0.2, 0.25) is 10.9 Å². The Balaban J connectivity index is 1.27. The predicted molar refractivity (Wildman–Crippen MR) is 160 cm³/mol. The number of hydrogen-bond acceptors (Lipinski definition) is 6. The molecule has 1 heterocycles. The molecule has 4 N–H and O–H groups in total. The van der Waals surface area contributed by atoms with Crippen LogP contribution in [-0.4, -0.2) is 34.1 Å². The molecule has 43 heavy (non-hydrogen) atoms. The van der Waals surface area contributed by atoms with E-state index in [4.69, 9.17) is 14.6 Å². The first-order valence-electron chi connectivity index (χ1n) is 15.1. The molecule has 226 valence electrons. The van der Waals surface area contributed by atoms with Crippen LogP contribution in [0.15, 0.2) is 70.0 Å². The Kier molecular flexibility index (Phi) is 6.18. The number of halogens is 1. The summed E-state index contributed by atoms with van der Waals surface area (Å²) in [6.07, 6.45) is 7.94. The fourth-order valence-electron chi connectivity index (χ4n) is 10.8. The molecule has 0 radical (unpaired) electrons. The van der Waals surface area contributed by atoms with Gasteiger partial charge in [0, 0.05) is 40.2 Å². The van der Waals surface area contributed by atoms with Gasteiger partial charge in [-0.2, -0.15) is 0 Å². The van der Waals surface area contributed by atoms with Gasteiger partial charge in [0.15, 0.2) is 5.60 Å². The minimum Gasteiger partial charge on any atom is -0.457 e. The molecular formula is C34H38FN2O5S+. The van der Waals surface area contributed by atoms with E-state index in [0.717, 1.165) is 29.8 Å². The van der Waals surface area contributed by atoms with Gasteiger partial charge >= 0.3 is 5.97 Å². The van der Waals surface area contributed by atoms with E-state index in [1.54, 1.807) is 18.2 Å². The normalized spacial score (nSPS) is 40.9. The number of carbonyl (C=O) groups excluding carboxylic acids is 2. The van der Waals surface area contributed by atoms with Gasteiger partial charge in [0.05, 0.1) is 12.4 Å². The number of carbonyl (C=O) groups is 2.